The van der Waals surface area contributed by atoms with Crippen LogP contribution in [0.3, 0.4) is 0 Å². The molecule has 0 atom stereocenters. The van der Waals surface area contributed by atoms with Crippen LogP contribution in [0.4, 0.5) is 11.5 Å². The number of piperidine rings is 1. The van der Waals surface area contributed by atoms with E-state index in [1.165, 1.54) is 19.3 Å². The van der Waals surface area contributed by atoms with Gasteiger partial charge in [0.1, 0.15) is 12.1 Å². The van der Waals surface area contributed by atoms with Gasteiger partial charge in [-0.15, -0.1) is 0 Å². The molecule has 1 N–H and O–H groups in total. The second kappa shape index (κ2) is 7.30. The van der Waals surface area contributed by atoms with Gasteiger partial charge in [-0.1, -0.05) is 17.7 Å². The van der Waals surface area contributed by atoms with Gasteiger partial charge < -0.3 is 10.2 Å². The quantitative estimate of drug-likeness (QED) is 0.740. The Hall–Kier alpha value is -2.66. The van der Waals surface area contributed by atoms with E-state index in [1.54, 1.807) is 30.6 Å². The molecule has 2 heterocycles. The maximum atomic E-state index is 12.4. The second-order valence-corrected chi connectivity index (χ2v) is 6.88. The predicted octanol–water partition coefficient (Wildman–Crippen LogP) is 4.53. The third kappa shape index (κ3) is 3.48. The van der Waals surface area contributed by atoms with Gasteiger partial charge in [-0.3, -0.25) is 4.79 Å². The molecule has 6 heteroatoms. The Balaban J connectivity index is 1.60. The van der Waals surface area contributed by atoms with Gasteiger partial charge in [-0.05, 0) is 55.7 Å². The summed E-state index contributed by atoms with van der Waals surface area (Å²) in [5.41, 5.74) is 2.05. The minimum atomic E-state index is -0.197. The van der Waals surface area contributed by atoms with Crippen LogP contribution in [-0.4, -0.2) is 29.0 Å². The third-order valence-electron chi connectivity index (χ3n) is 4.62. The van der Waals surface area contributed by atoms with Crippen molar-refractivity contribution in [3.05, 3.63) is 59.4 Å². The standard InChI is InChI=1S/C20H19ClN4O/c21-15-6-4-5-14(11-15)20(26)24-16-7-8-17-18(12-16)22-13-23-19(17)25-9-2-1-3-10-25/h4-8,11-13H,1-3,9-10H2,(H,24,26). The molecule has 1 fully saturated rings. The van der Waals surface area contributed by atoms with E-state index in [0.29, 0.717) is 16.3 Å². The lowest BCUT2D eigenvalue weighted by atomic mass is 10.1. The zero-order chi connectivity index (χ0) is 17.9. The smallest absolute Gasteiger partial charge is 0.255 e. The fourth-order valence-corrected chi connectivity index (χ4v) is 3.50. The summed E-state index contributed by atoms with van der Waals surface area (Å²) in [6.45, 7) is 2.05. The molecule has 1 aromatic heterocycles. The van der Waals surface area contributed by atoms with Crippen LogP contribution in [-0.2, 0) is 0 Å². The summed E-state index contributed by atoms with van der Waals surface area (Å²) in [6, 6.07) is 12.6. The fraction of sp³-hybridized carbons (Fsp3) is 0.250. The fourth-order valence-electron chi connectivity index (χ4n) is 3.31. The van der Waals surface area contributed by atoms with Crippen molar-refractivity contribution >= 4 is 39.9 Å². The number of nitrogens with one attached hydrogen (secondary N) is 1. The van der Waals surface area contributed by atoms with Crippen molar-refractivity contribution in [2.75, 3.05) is 23.3 Å². The molecule has 1 amide bonds. The molecule has 26 heavy (non-hydrogen) atoms. The second-order valence-electron chi connectivity index (χ2n) is 6.44. The number of nitrogens with zero attached hydrogens (tertiary/aromatic N) is 3. The van der Waals surface area contributed by atoms with E-state index in [9.17, 15) is 4.79 Å². The number of anilines is 2. The highest BCUT2D eigenvalue weighted by Crippen LogP contribution is 2.27. The van der Waals surface area contributed by atoms with Gasteiger partial charge in [0.15, 0.2) is 0 Å². The Morgan fingerprint density at radius 1 is 1.04 bits per heavy atom. The molecule has 0 saturated carbocycles. The number of aromatic nitrogens is 2. The molecular formula is C20H19ClN4O. The van der Waals surface area contributed by atoms with Crippen LogP contribution in [0.25, 0.3) is 10.9 Å². The summed E-state index contributed by atoms with van der Waals surface area (Å²) < 4.78 is 0. The summed E-state index contributed by atoms with van der Waals surface area (Å²) in [5, 5.41) is 4.45. The number of carbonyl (C=O) groups is 1. The monoisotopic (exact) mass is 366 g/mol. The van der Waals surface area contributed by atoms with Gasteiger partial charge in [0, 0.05) is 34.7 Å². The highest BCUT2D eigenvalue weighted by atomic mass is 35.5. The Kier molecular flexibility index (Phi) is 4.71. The summed E-state index contributed by atoms with van der Waals surface area (Å²) in [7, 11) is 0. The summed E-state index contributed by atoms with van der Waals surface area (Å²) in [6.07, 6.45) is 5.26. The molecule has 132 valence electrons. The SMILES string of the molecule is O=C(Nc1ccc2c(N3CCCCC3)ncnc2c1)c1cccc(Cl)c1. The highest BCUT2D eigenvalue weighted by Gasteiger charge is 2.16. The van der Waals surface area contributed by atoms with Crippen molar-refractivity contribution in [3.8, 4) is 0 Å². The first-order valence-corrected chi connectivity index (χ1v) is 9.15. The van der Waals surface area contributed by atoms with Crippen LogP contribution in [0.1, 0.15) is 29.6 Å². The number of rotatable bonds is 3. The van der Waals surface area contributed by atoms with Crippen molar-refractivity contribution in [2.24, 2.45) is 0 Å². The van der Waals surface area contributed by atoms with Crippen molar-refractivity contribution in [3.63, 3.8) is 0 Å². The van der Waals surface area contributed by atoms with Gasteiger partial charge in [-0.2, -0.15) is 0 Å². The van der Waals surface area contributed by atoms with Crippen molar-refractivity contribution < 1.29 is 4.79 Å². The van der Waals surface area contributed by atoms with E-state index >= 15 is 0 Å². The molecule has 0 radical (unpaired) electrons. The van der Waals surface area contributed by atoms with Gasteiger partial charge >= 0.3 is 0 Å². The summed E-state index contributed by atoms with van der Waals surface area (Å²) in [5.74, 6) is 0.777. The maximum Gasteiger partial charge on any atom is 0.255 e. The van der Waals surface area contributed by atoms with E-state index in [1.807, 2.05) is 18.2 Å². The first kappa shape index (κ1) is 16.8. The number of halogens is 1. The van der Waals surface area contributed by atoms with Crippen molar-refractivity contribution in [2.45, 2.75) is 19.3 Å². The highest BCUT2D eigenvalue weighted by molar-refractivity contribution is 6.31. The molecule has 1 aliphatic rings. The molecule has 5 nitrogen and oxygen atoms in total. The van der Waals surface area contributed by atoms with Gasteiger partial charge in [0.05, 0.1) is 5.52 Å². The van der Waals surface area contributed by atoms with Crippen LogP contribution >= 0.6 is 11.6 Å². The van der Waals surface area contributed by atoms with Gasteiger partial charge in [0.25, 0.3) is 5.91 Å². The topological polar surface area (TPSA) is 58.1 Å². The average molecular weight is 367 g/mol. The predicted molar refractivity (Wildman–Crippen MR) is 105 cm³/mol. The molecular weight excluding hydrogens is 348 g/mol. The number of carbonyl (C=O) groups excluding carboxylic acids is 1. The molecule has 4 rings (SSSR count). The summed E-state index contributed by atoms with van der Waals surface area (Å²) >= 11 is 5.96. The van der Waals surface area contributed by atoms with Crippen molar-refractivity contribution in [1.82, 2.24) is 9.97 Å². The number of fused-ring (bicyclic) bond motifs is 1. The molecule has 0 bridgehead atoms. The molecule has 3 aromatic rings. The molecule has 2 aromatic carbocycles. The minimum Gasteiger partial charge on any atom is -0.356 e. The van der Waals surface area contributed by atoms with Crippen LogP contribution in [0.15, 0.2) is 48.8 Å². The number of hydrogen-bond donors (Lipinski definition) is 1. The summed E-state index contributed by atoms with van der Waals surface area (Å²) in [4.78, 5) is 23.6. The number of amides is 1. The lowest BCUT2D eigenvalue weighted by molar-refractivity contribution is 0.102. The Morgan fingerprint density at radius 3 is 2.69 bits per heavy atom. The zero-order valence-corrected chi connectivity index (χ0v) is 15.0. The Bertz CT molecular complexity index is 953. The van der Waals surface area contributed by atoms with E-state index in [4.69, 9.17) is 11.6 Å². The largest absolute Gasteiger partial charge is 0.356 e. The van der Waals surface area contributed by atoms with E-state index < -0.39 is 0 Å². The van der Waals surface area contributed by atoms with Crippen LogP contribution in [0, 0.1) is 0 Å². The molecule has 0 aliphatic carbocycles. The molecule has 1 saturated heterocycles. The van der Waals surface area contributed by atoms with Crippen molar-refractivity contribution in [1.29, 1.82) is 0 Å². The minimum absolute atomic E-state index is 0.197. The van der Waals surface area contributed by atoms with E-state index in [0.717, 1.165) is 29.8 Å². The maximum absolute atomic E-state index is 12.4. The van der Waals surface area contributed by atoms with E-state index in [-0.39, 0.29) is 5.91 Å². The van der Waals surface area contributed by atoms with Gasteiger partial charge in [-0.25, -0.2) is 9.97 Å². The third-order valence-corrected chi connectivity index (χ3v) is 4.85. The number of hydrogen-bond acceptors (Lipinski definition) is 4. The zero-order valence-electron chi connectivity index (χ0n) is 14.3. The van der Waals surface area contributed by atoms with Crippen LogP contribution < -0.4 is 10.2 Å². The normalized spacial score (nSPS) is 14.4. The van der Waals surface area contributed by atoms with E-state index in [2.05, 4.69) is 20.2 Å². The lowest BCUT2D eigenvalue weighted by Crippen LogP contribution is -2.30. The Labute approximate surface area is 157 Å². The molecule has 0 spiro atoms. The van der Waals surface area contributed by atoms with Crippen LogP contribution in [0.2, 0.25) is 5.02 Å². The van der Waals surface area contributed by atoms with Gasteiger partial charge in [0.2, 0.25) is 0 Å². The van der Waals surface area contributed by atoms with Crippen LogP contribution in [0.5, 0.6) is 0 Å². The first-order chi connectivity index (χ1) is 12.7. The lowest BCUT2D eigenvalue weighted by Gasteiger charge is -2.28. The number of benzene rings is 2. The molecule has 0 unspecified atom stereocenters. The average Bonchev–Trinajstić information content (AvgIpc) is 2.68. The Morgan fingerprint density at radius 2 is 1.88 bits per heavy atom. The molecule has 1 aliphatic heterocycles. The first-order valence-electron chi connectivity index (χ1n) is 8.77.